The molecule has 1 aromatic carbocycles. The molecule has 2 aliphatic rings. The van der Waals surface area contributed by atoms with Crippen LogP contribution in [0.2, 0.25) is 0 Å². The molecule has 0 spiro atoms. The van der Waals surface area contributed by atoms with Gasteiger partial charge in [0, 0.05) is 24.6 Å². The average Bonchev–Trinajstić information content (AvgIpc) is 2.68. The highest BCUT2D eigenvalue weighted by Crippen LogP contribution is 2.28. The van der Waals surface area contributed by atoms with E-state index in [2.05, 4.69) is 42.3 Å². The molecular weight excluding hydrogens is 320 g/mol. The minimum absolute atomic E-state index is 0.607. The summed E-state index contributed by atoms with van der Waals surface area (Å²) in [7, 11) is 0. The van der Waals surface area contributed by atoms with Gasteiger partial charge in [0.05, 0.1) is 6.61 Å². The van der Waals surface area contributed by atoms with E-state index in [1.807, 2.05) is 12.1 Å². The van der Waals surface area contributed by atoms with Gasteiger partial charge in [-0.2, -0.15) is 0 Å². The molecule has 0 unspecified atom stereocenters. The Morgan fingerprint density at radius 2 is 1.77 bits per heavy atom. The fourth-order valence-electron chi connectivity index (χ4n) is 3.69. The average molecular weight is 353 g/mol. The second-order valence-electron chi connectivity index (χ2n) is 7.89. The summed E-state index contributed by atoms with van der Waals surface area (Å²) < 4.78 is 5.72. The van der Waals surface area contributed by atoms with E-state index in [1.54, 1.807) is 12.4 Å². The molecule has 0 amide bonds. The summed E-state index contributed by atoms with van der Waals surface area (Å²) in [4.78, 5) is 4.01. The number of aromatic nitrogens is 1. The van der Waals surface area contributed by atoms with Crippen LogP contribution < -0.4 is 10.1 Å². The van der Waals surface area contributed by atoms with E-state index in [-0.39, 0.29) is 0 Å². The molecule has 140 valence electrons. The zero-order chi connectivity index (χ0) is 18.2. The summed E-state index contributed by atoms with van der Waals surface area (Å²) in [6.07, 6.45) is 12.1. The van der Waals surface area contributed by atoms with Crippen molar-refractivity contribution < 1.29 is 4.74 Å². The molecule has 1 fully saturated rings. The molecule has 3 heteroatoms. The summed E-state index contributed by atoms with van der Waals surface area (Å²) in [5.41, 5.74) is 3.71. The number of ether oxygens (including phenoxy) is 1. The highest BCUT2D eigenvalue weighted by molar-refractivity contribution is 5.44. The fraction of sp³-hybridized carbons (Fsp3) is 0.522. The highest BCUT2D eigenvalue weighted by Gasteiger charge is 2.16. The van der Waals surface area contributed by atoms with Gasteiger partial charge < -0.3 is 10.1 Å². The van der Waals surface area contributed by atoms with E-state index in [4.69, 9.17) is 4.74 Å². The van der Waals surface area contributed by atoms with Crippen LogP contribution in [0.3, 0.4) is 0 Å². The zero-order valence-corrected chi connectivity index (χ0v) is 16.2. The topological polar surface area (TPSA) is 34.1 Å². The van der Waals surface area contributed by atoms with Crippen LogP contribution in [-0.2, 0) is 13.0 Å². The maximum atomic E-state index is 5.72. The molecule has 0 radical (unpaired) electrons. The van der Waals surface area contributed by atoms with Crippen molar-refractivity contribution in [3.05, 3.63) is 53.9 Å². The standard InChI is InChI=1S/C16H18N2O.C7H14/c1-12-8-14-9-13(2-3-16(14)19-11-12)10-18-15-4-6-17-7-5-15;1-7-5-3-2-4-6-7/h2-7,9,12H,8,10-11H2,1H3,(H,17,18);7H,2-6H2,1H3/t12-;/m0./s1. The lowest BCUT2D eigenvalue weighted by atomic mass is 9.91. The third kappa shape index (κ3) is 5.76. The summed E-state index contributed by atoms with van der Waals surface area (Å²) in [6, 6.07) is 10.4. The predicted molar refractivity (Wildman–Crippen MR) is 109 cm³/mol. The van der Waals surface area contributed by atoms with E-state index in [1.165, 1.54) is 43.2 Å². The number of benzene rings is 1. The Balaban J connectivity index is 0.000000236. The quantitative estimate of drug-likeness (QED) is 0.752. The molecule has 2 aromatic rings. The van der Waals surface area contributed by atoms with Crippen LogP contribution >= 0.6 is 0 Å². The second-order valence-corrected chi connectivity index (χ2v) is 7.89. The molecule has 1 saturated carbocycles. The number of nitrogens with zero attached hydrogens (tertiary/aromatic N) is 1. The van der Waals surface area contributed by atoms with Gasteiger partial charge in [-0.1, -0.05) is 58.1 Å². The summed E-state index contributed by atoms with van der Waals surface area (Å²) >= 11 is 0. The van der Waals surface area contributed by atoms with E-state index in [0.29, 0.717) is 5.92 Å². The molecule has 1 aliphatic heterocycles. The molecule has 0 bridgehead atoms. The largest absolute Gasteiger partial charge is 0.493 e. The van der Waals surface area contributed by atoms with E-state index in [0.717, 1.165) is 36.9 Å². The molecule has 2 heterocycles. The normalized spacial score (nSPS) is 19.5. The SMILES string of the molecule is CC1CCCCC1.C[C@@H]1COc2ccc(CNc3ccncc3)cc2C1. The number of hydrogen-bond donors (Lipinski definition) is 1. The van der Waals surface area contributed by atoms with Crippen LogP contribution in [0.25, 0.3) is 0 Å². The molecule has 1 N–H and O–H groups in total. The van der Waals surface area contributed by atoms with Crippen LogP contribution in [-0.4, -0.2) is 11.6 Å². The first-order valence-electron chi connectivity index (χ1n) is 10.1. The lowest BCUT2D eigenvalue weighted by Crippen LogP contribution is -2.18. The van der Waals surface area contributed by atoms with Gasteiger partial charge in [-0.15, -0.1) is 0 Å². The van der Waals surface area contributed by atoms with Crippen molar-refractivity contribution in [2.24, 2.45) is 11.8 Å². The molecule has 1 atom stereocenters. The van der Waals surface area contributed by atoms with Gasteiger partial charge in [0.15, 0.2) is 0 Å². The van der Waals surface area contributed by atoms with Gasteiger partial charge in [0.2, 0.25) is 0 Å². The van der Waals surface area contributed by atoms with Gasteiger partial charge in [0.1, 0.15) is 5.75 Å². The van der Waals surface area contributed by atoms with Crippen LogP contribution in [0.1, 0.15) is 57.1 Å². The first-order chi connectivity index (χ1) is 12.7. The Kier molecular flexibility index (Phi) is 6.93. The summed E-state index contributed by atoms with van der Waals surface area (Å²) in [5.74, 6) is 2.69. The van der Waals surface area contributed by atoms with Gasteiger partial charge in [-0.3, -0.25) is 4.98 Å². The number of fused-ring (bicyclic) bond motifs is 1. The first kappa shape index (κ1) is 18.8. The zero-order valence-electron chi connectivity index (χ0n) is 16.2. The number of nitrogens with one attached hydrogen (secondary N) is 1. The smallest absolute Gasteiger partial charge is 0.122 e. The Morgan fingerprint density at radius 3 is 2.46 bits per heavy atom. The number of rotatable bonds is 3. The van der Waals surface area contributed by atoms with Crippen LogP contribution in [0.15, 0.2) is 42.7 Å². The number of pyridine rings is 1. The fourth-order valence-corrected chi connectivity index (χ4v) is 3.69. The second kappa shape index (κ2) is 9.61. The molecule has 4 rings (SSSR count). The highest BCUT2D eigenvalue weighted by atomic mass is 16.5. The van der Waals surface area contributed by atoms with E-state index >= 15 is 0 Å². The first-order valence-corrected chi connectivity index (χ1v) is 10.1. The number of anilines is 1. The molecule has 1 aromatic heterocycles. The summed E-state index contributed by atoms with van der Waals surface area (Å²) in [6.45, 7) is 6.25. The predicted octanol–water partition coefficient (Wildman–Crippen LogP) is 5.85. The van der Waals surface area contributed by atoms with E-state index in [9.17, 15) is 0 Å². The van der Waals surface area contributed by atoms with Gasteiger partial charge in [0.25, 0.3) is 0 Å². The maximum Gasteiger partial charge on any atom is 0.122 e. The van der Waals surface area contributed by atoms with Crippen LogP contribution in [0, 0.1) is 11.8 Å². The molecule has 26 heavy (non-hydrogen) atoms. The molecular formula is C23H32N2O. The third-order valence-corrected chi connectivity index (χ3v) is 5.29. The van der Waals surface area contributed by atoms with Gasteiger partial charge in [-0.05, 0) is 47.6 Å². The van der Waals surface area contributed by atoms with Crippen LogP contribution in [0.4, 0.5) is 5.69 Å². The molecule has 0 saturated heterocycles. The third-order valence-electron chi connectivity index (χ3n) is 5.29. The van der Waals surface area contributed by atoms with Crippen LogP contribution in [0.5, 0.6) is 5.75 Å². The van der Waals surface area contributed by atoms with Crippen molar-refractivity contribution in [2.45, 2.75) is 58.9 Å². The Bertz CT molecular complexity index is 665. The van der Waals surface area contributed by atoms with E-state index < -0.39 is 0 Å². The van der Waals surface area contributed by atoms with Gasteiger partial charge >= 0.3 is 0 Å². The number of hydrogen-bond acceptors (Lipinski definition) is 3. The maximum absolute atomic E-state index is 5.72. The Hall–Kier alpha value is -2.03. The minimum atomic E-state index is 0.607. The van der Waals surface area contributed by atoms with Crippen molar-refractivity contribution >= 4 is 5.69 Å². The summed E-state index contributed by atoms with van der Waals surface area (Å²) in [5, 5.41) is 3.40. The lowest BCUT2D eigenvalue weighted by Gasteiger charge is -2.23. The van der Waals surface area contributed by atoms with Crippen molar-refractivity contribution in [2.75, 3.05) is 11.9 Å². The Morgan fingerprint density at radius 1 is 1.00 bits per heavy atom. The minimum Gasteiger partial charge on any atom is -0.493 e. The lowest BCUT2D eigenvalue weighted by molar-refractivity contribution is 0.234. The van der Waals surface area contributed by atoms with Crippen molar-refractivity contribution in [3.63, 3.8) is 0 Å². The van der Waals surface area contributed by atoms with Crippen molar-refractivity contribution in [3.8, 4) is 5.75 Å². The Labute approximate surface area is 158 Å². The van der Waals surface area contributed by atoms with Gasteiger partial charge in [-0.25, -0.2) is 0 Å². The molecule has 1 aliphatic carbocycles. The monoisotopic (exact) mass is 352 g/mol. The van der Waals surface area contributed by atoms with Crippen molar-refractivity contribution in [1.82, 2.24) is 4.98 Å². The van der Waals surface area contributed by atoms with Crippen molar-refractivity contribution in [1.29, 1.82) is 0 Å². The molecule has 3 nitrogen and oxygen atoms in total.